The van der Waals surface area contributed by atoms with Crippen LogP contribution >= 0.6 is 11.6 Å². The molecule has 0 bridgehead atoms. The highest BCUT2D eigenvalue weighted by atomic mass is 35.5. The van der Waals surface area contributed by atoms with Crippen molar-refractivity contribution < 1.29 is 41.8 Å². The summed E-state index contributed by atoms with van der Waals surface area (Å²) in [5.41, 5.74) is 5.99. The number of nitrogens with one attached hydrogen (secondary N) is 1. The van der Waals surface area contributed by atoms with Gasteiger partial charge in [0.05, 0.1) is 21.8 Å². The van der Waals surface area contributed by atoms with Crippen LogP contribution in [0.3, 0.4) is 0 Å². The van der Waals surface area contributed by atoms with E-state index in [1.54, 1.807) is 17.0 Å². The average Bonchev–Trinajstić information content (AvgIpc) is 3.36. The van der Waals surface area contributed by atoms with E-state index >= 15 is 0 Å². The van der Waals surface area contributed by atoms with Crippen molar-refractivity contribution in [1.29, 1.82) is 0 Å². The van der Waals surface area contributed by atoms with Gasteiger partial charge < -0.3 is 45.0 Å². The van der Waals surface area contributed by atoms with Crippen LogP contribution in [0.4, 0.5) is 40.0 Å². The Morgan fingerprint density at radius 1 is 1.00 bits per heavy atom. The van der Waals surface area contributed by atoms with Gasteiger partial charge in [0.2, 0.25) is 0 Å². The number of urea groups is 1. The lowest BCUT2D eigenvalue weighted by atomic mass is 10.0. The van der Waals surface area contributed by atoms with Crippen molar-refractivity contribution in [3.8, 4) is 0 Å². The number of benzene rings is 2. The number of ether oxygens (including phenoxy) is 2. The van der Waals surface area contributed by atoms with Crippen LogP contribution in [0.5, 0.6) is 0 Å². The molecular weight excluding hydrogens is 769 g/mol. The lowest BCUT2D eigenvalue weighted by molar-refractivity contribution is -0.141. The van der Waals surface area contributed by atoms with Crippen LogP contribution in [0, 0.1) is 0 Å². The number of carbonyl (C=O) groups excluding carboxylic acids is 4. The van der Waals surface area contributed by atoms with E-state index < -0.39 is 41.5 Å². The number of rotatable bonds is 10. The maximum absolute atomic E-state index is 14.1. The number of esters is 1. The van der Waals surface area contributed by atoms with Gasteiger partial charge in [-0.15, -0.1) is 0 Å². The molecule has 14 nitrogen and oxygen atoms in total. The second kappa shape index (κ2) is 17.9. The molecule has 3 aromatic rings. The van der Waals surface area contributed by atoms with E-state index in [4.69, 9.17) is 26.8 Å². The predicted octanol–water partition coefficient (Wildman–Crippen LogP) is 5.01. The number of hydrogen-bond acceptors (Lipinski definition) is 10. The van der Waals surface area contributed by atoms with Gasteiger partial charge in [0.15, 0.2) is 6.10 Å². The zero-order valence-electron chi connectivity index (χ0n) is 31.8. The highest BCUT2D eigenvalue weighted by molar-refractivity contribution is 6.33. The normalized spacial score (nSPS) is 17.1. The number of fused-ring (bicyclic) bond motifs is 1. The Bertz CT molecular complexity index is 1940. The van der Waals surface area contributed by atoms with Crippen LogP contribution in [-0.2, 0) is 33.3 Å². The van der Waals surface area contributed by atoms with Crippen molar-refractivity contribution in [1.82, 2.24) is 24.6 Å². The standard InChI is InChI=1S/C39H46ClF3N8O6/c1-47(2)19-20-56-36(53)27-7-8-33(45-24-27)48-15-17-49(18-16-48)35(52)32(23-25-21-29(39(41,42)43)34(44)30(40)22-25)57-38(55)50-12-10-28(11-13-50)51-14-9-26-5-3-4-6-31(26)46-37(51)54/h3-8,21-22,24,28,32H,9-20,23,44H2,1-2H3,(H,46,54)/t32-/m1/s1. The summed E-state index contributed by atoms with van der Waals surface area (Å²) >= 11 is 6.12. The number of nitrogens with two attached hydrogens (primary N) is 1. The number of hydrogen-bond donors (Lipinski definition) is 2. The van der Waals surface area contributed by atoms with E-state index in [1.807, 2.05) is 48.2 Å². The molecule has 0 saturated carbocycles. The van der Waals surface area contributed by atoms with Gasteiger partial charge in [-0.25, -0.2) is 19.4 Å². The second-order valence-electron chi connectivity index (χ2n) is 14.5. The summed E-state index contributed by atoms with van der Waals surface area (Å²) in [4.78, 5) is 66.2. The number of piperidine rings is 1. The predicted molar refractivity (Wildman–Crippen MR) is 207 cm³/mol. The van der Waals surface area contributed by atoms with Gasteiger partial charge in [-0.3, -0.25) is 4.79 Å². The summed E-state index contributed by atoms with van der Waals surface area (Å²) in [5, 5.41) is 2.63. The van der Waals surface area contributed by atoms with Crippen molar-refractivity contribution in [3.05, 3.63) is 82.0 Å². The minimum absolute atomic E-state index is 0.0164. The summed E-state index contributed by atoms with van der Waals surface area (Å²) in [6.07, 6.45) is -4.43. The zero-order valence-corrected chi connectivity index (χ0v) is 32.5. The van der Waals surface area contributed by atoms with Gasteiger partial charge in [-0.2, -0.15) is 13.2 Å². The molecule has 3 N–H and O–H groups in total. The number of halogens is 4. The molecule has 0 spiro atoms. The van der Waals surface area contributed by atoms with E-state index in [0.717, 1.165) is 17.3 Å². The number of likely N-dealkylation sites (N-methyl/N-ethyl adjacent to an activating group) is 1. The molecule has 1 aromatic heterocycles. The number of likely N-dealkylation sites (tertiary alicyclic amines) is 1. The number of alkyl halides is 3. The summed E-state index contributed by atoms with van der Waals surface area (Å²) in [5.74, 6) is -0.488. The topological polar surface area (TPSA) is 154 Å². The van der Waals surface area contributed by atoms with Crippen molar-refractivity contribution in [2.24, 2.45) is 0 Å². The fourth-order valence-corrected chi connectivity index (χ4v) is 7.41. The number of amides is 4. The summed E-state index contributed by atoms with van der Waals surface area (Å²) < 4.78 is 52.7. The van der Waals surface area contributed by atoms with Crippen molar-refractivity contribution >= 4 is 52.8 Å². The third-order valence-electron chi connectivity index (χ3n) is 10.4. The molecule has 2 saturated heterocycles. The summed E-state index contributed by atoms with van der Waals surface area (Å²) in [6, 6.07) is 12.6. The number of pyridine rings is 1. The Morgan fingerprint density at radius 2 is 1.72 bits per heavy atom. The van der Waals surface area contributed by atoms with Crippen LogP contribution in [0.25, 0.3) is 0 Å². The molecule has 4 amide bonds. The first kappa shape index (κ1) is 41.3. The van der Waals surface area contributed by atoms with Crippen LogP contribution < -0.4 is 16.0 Å². The Balaban J connectivity index is 1.10. The third kappa shape index (κ3) is 10.2. The Hall–Kier alpha value is -5.29. The number of anilines is 3. The Morgan fingerprint density at radius 3 is 2.39 bits per heavy atom. The largest absolute Gasteiger partial charge is 0.461 e. The number of nitrogen functional groups attached to an aromatic ring is 1. The van der Waals surface area contributed by atoms with E-state index in [1.165, 1.54) is 22.1 Å². The molecule has 3 aliphatic rings. The molecule has 0 aliphatic carbocycles. The van der Waals surface area contributed by atoms with Crippen LogP contribution in [-0.4, -0.2) is 134 Å². The van der Waals surface area contributed by atoms with Gasteiger partial charge in [0.25, 0.3) is 5.91 Å². The Kier molecular flexibility index (Phi) is 13.0. The molecule has 0 radical (unpaired) electrons. The molecule has 2 aromatic carbocycles. The molecule has 1 atom stereocenters. The lowest BCUT2D eigenvalue weighted by Gasteiger charge is -2.39. The molecule has 2 fully saturated rings. The monoisotopic (exact) mass is 814 g/mol. The molecular formula is C39H46ClF3N8O6. The van der Waals surface area contributed by atoms with Gasteiger partial charge in [0.1, 0.15) is 12.4 Å². The van der Waals surface area contributed by atoms with Gasteiger partial charge in [-0.05, 0) is 74.8 Å². The second-order valence-corrected chi connectivity index (χ2v) is 14.9. The minimum atomic E-state index is -4.81. The highest BCUT2D eigenvalue weighted by Gasteiger charge is 2.38. The van der Waals surface area contributed by atoms with Crippen LogP contribution in [0.1, 0.15) is 39.9 Å². The van der Waals surface area contributed by atoms with E-state index in [2.05, 4.69) is 10.3 Å². The number of aromatic nitrogens is 1. The Labute approximate surface area is 333 Å². The van der Waals surface area contributed by atoms with Crippen LogP contribution in [0.2, 0.25) is 5.02 Å². The van der Waals surface area contributed by atoms with E-state index in [-0.39, 0.29) is 61.9 Å². The molecule has 18 heteroatoms. The fourth-order valence-electron chi connectivity index (χ4n) is 7.17. The smallest absolute Gasteiger partial charge is 0.418 e. The van der Waals surface area contributed by atoms with Crippen molar-refractivity contribution in [2.75, 3.05) is 89.0 Å². The first-order valence-corrected chi connectivity index (χ1v) is 19.1. The van der Waals surface area contributed by atoms with Crippen molar-refractivity contribution in [2.45, 2.75) is 44.0 Å². The molecule has 57 heavy (non-hydrogen) atoms. The number of carbonyl (C=O) groups is 4. The number of para-hydroxylation sites is 1. The average molecular weight is 815 g/mol. The molecule has 4 heterocycles. The van der Waals surface area contributed by atoms with Gasteiger partial charge >= 0.3 is 24.3 Å². The first-order chi connectivity index (χ1) is 27.2. The molecule has 306 valence electrons. The summed E-state index contributed by atoms with van der Waals surface area (Å²) in [7, 11) is 3.75. The first-order valence-electron chi connectivity index (χ1n) is 18.8. The van der Waals surface area contributed by atoms with Crippen molar-refractivity contribution in [3.63, 3.8) is 0 Å². The molecule has 3 aliphatic heterocycles. The van der Waals surface area contributed by atoms with E-state index in [9.17, 15) is 32.3 Å². The van der Waals surface area contributed by atoms with Gasteiger partial charge in [0, 0.05) is 76.7 Å². The number of piperazine rings is 1. The maximum atomic E-state index is 14.1. The quantitative estimate of drug-likeness (QED) is 0.211. The van der Waals surface area contributed by atoms with Crippen LogP contribution in [0.15, 0.2) is 54.7 Å². The summed E-state index contributed by atoms with van der Waals surface area (Å²) in [6.45, 7) is 2.91. The fraction of sp³-hybridized carbons (Fsp3) is 0.462. The zero-order chi connectivity index (χ0) is 40.9. The minimum Gasteiger partial charge on any atom is -0.461 e. The van der Waals surface area contributed by atoms with E-state index in [0.29, 0.717) is 56.8 Å². The molecule has 6 rings (SSSR count). The molecule has 0 unspecified atom stereocenters. The third-order valence-corrected chi connectivity index (χ3v) is 10.7. The SMILES string of the molecule is CN(C)CCOC(=O)c1ccc(N2CCN(C(=O)[C@@H](Cc3cc(Cl)c(N)c(C(F)(F)F)c3)OC(=O)N3CCC(N4CCc5ccccc5NC4=O)CC3)CC2)nc1. The van der Waals surface area contributed by atoms with Gasteiger partial charge in [-0.1, -0.05) is 29.8 Å². The lowest BCUT2D eigenvalue weighted by Crippen LogP contribution is -2.54. The maximum Gasteiger partial charge on any atom is 0.418 e. The number of nitrogens with zero attached hydrogens (tertiary/aromatic N) is 6. The highest BCUT2D eigenvalue weighted by Crippen LogP contribution is 2.38.